The first kappa shape index (κ1) is 9.85. The largest absolute Gasteiger partial charge is 0.370 e. The molecule has 3 N–H and O–H groups in total. The number of aromatic nitrogens is 3. The molecule has 0 aliphatic rings. The zero-order valence-corrected chi connectivity index (χ0v) is 8.75. The molecule has 0 aromatic carbocycles. The molecule has 0 fully saturated rings. The Hall–Kier alpha value is -1.69. The Morgan fingerprint density at radius 3 is 3.20 bits per heavy atom. The number of H-pyrrole nitrogens is 1. The van der Waals surface area contributed by atoms with Gasteiger partial charge < -0.3 is 15.3 Å². The van der Waals surface area contributed by atoms with Crippen molar-refractivity contribution in [3.8, 4) is 0 Å². The second kappa shape index (κ2) is 3.82. The molecular weight excluding hydrogens is 212 g/mol. The van der Waals surface area contributed by atoms with E-state index in [0.717, 1.165) is 11.2 Å². The number of aromatic amines is 1. The Morgan fingerprint density at radius 1 is 1.67 bits per heavy atom. The van der Waals surface area contributed by atoms with E-state index in [0.29, 0.717) is 11.3 Å². The quantitative estimate of drug-likeness (QED) is 0.760. The third kappa shape index (κ3) is 1.89. The zero-order valence-electron chi connectivity index (χ0n) is 7.93. The van der Waals surface area contributed by atoms with Gasteiger partial charge in [0.05, 0.1) is 5.52 Å². The monoisotopic (exact) mass is 222 g/mol. The number of hydrogen-bond donors (Lipinski definition) is 2. The van der Waals surface area contributed by atoms with Gasteiger partial charge in [0.2, 0.25) is 5.91 Å². The van der Waals surface area contributed by atoms with Gasteiger partial charge in [0.1, 0.15) is 0 Å². The van der Waals surface area contributed by atoms with Gasteiger partial charge >= 0.3 is 0 Å². The van der Waals surface area contributed by atoms with Gasteiger partial charge in [0, 0.05) is 19.2 Å². The molecule has 15 heavy (non-hydrogen) atoms. The van der Waals surface area contributed by atoms with Gasteiger partial charge in [-0.3, -0.25) is 4.79 Å². The van der Waals surface area contributed by atoms with Crippen LogP contribution >= 0.6 is 12.2 Å². The highest BCUT2D eigenvalue weighted by molar-refractivity contribution is 7.71. The summed E-state index contributed by atoms with van der Waals surface area (Å²) >= 11 is 5.12. The molecule has 2 rings (SSSR count). The van der Waals surface area contributed by atoms with Crippen LogP contribution < -0.4 is 5.73 Å². The van der Waals surface area contributed by atoms with Gasteiger partial charge in [-0.25, -0.2) is 4.98 Å². The minimum absolute atomic E-state index is 0.262. The van der Waals surface area contributed by atoms with Crippen LogP contribution in [0.1, 0.15) is 6.42 Å². The van der Waals surface area contributed by atoms with Crippen LogP contribution in [0.2, 0.25) is 0 Å². The second-order valence-electron chi connectivity index (χ2n) is 3.17. The lowest BCUT2D eigenvalue weighted by molar-refractivity contribution is -0.118. The fourth-order valence-electron chi connectivity index (χ4n) is 1.42. The van der Waals surface area contributed by atoms with Crippen LogP contribution in [0.5, 0.6) is 0 Å². The maximum atomic E-state index is 10.7. The van der Waals surface area contributed by atoms with Crippen LogP contribution in [0.15, 0.2) is 18.3 Å². The molecule has 2 aromatic heterocycles. The lowest BCUT2D eigenvalue weighted by Crippen LogP contribution is -2.14. The SMILES string of the molecule is NC(=O)CCn1c(=S)[nH]c2cccnc21. The van der Waals surface area contributed by atoms with Crippen molar-refractivity contribution in [1.82, 2.24) is 14.5 Å². The summed E-state index contributed by atoms with van der Waals surface area (Å²) in [6, 6.07) is 3.71. The van der Waals surface area contributed by atoms with Gasteiger partial charge in [-0.05, 0) is 24.4 Å². The summed E-state index contributed by atoms with van der Waals surface area (Å²) in [6.45, 7) is 0.463. The number of fused-ring (bicyclic) bond motifs is 1. The molecule has 2 aromatic rings. The Morgan fingerprint density at radius 2 is 2.47 bits per heavy atom. The number of nitrogens with zero attached hydrogens (tertiary/aromatic N) is 2. The van der Waals surface area contributed by atoms with E-state index in [4.69, 9.17) is 18.0 Å². The smallest absolute Gasteiger partial charge is 0.219 e. The molecule has 5 nitrogen and oxygen atoms in total. The fraction of sp³-hybridized carbons (Fsp3) is 0.222. The van der Waals surface area contributed by atoms with E-state index >= 15 is 0 Å². The number of carbonyl (C=O) groups is 1. The predicted octanol–water partition coefficient (Wildman–Crippen LogP) is 0.969. The second-order valence-corrected chi connectivity index (χ2v) is 3.56. The van der Waals surface area contributed by atoms with Crippen molar-refractivity contribution in [2.45, 2.75) is 13.0 Å². The van der Waals surface area contributed by atoms with Crippen LogP contribution in [-0.4, -0.2) is 20.4 Å². The van der Waals surface area contributed by atoms with Crippen LogP contribution in [0.4, 0.5) is 0 Å². The van der Waals surface area contributed by atoms with Crippen LogP contribution in [-0.2, 0) is 11.3 Å². The molecular formula is C9H10N4OS. The number of hydrogen-bond acceptors (Lipinski definition) is 3. The number of pyridine rings is 1. The third-order valence-corrected chi connectivity index (χ3v) is 2.43. The van der Waals surface area contributed by atoms with Crippen molar-refractivity contribution in [3.63, 3.8) is 0 Å². The van der Waals surface area contributed by atoms with Crippen molar-refractivity contribution >= 4 is 29.3 Å². The maximum Gasteiger partial charge on any atom is 0.219 e. The summed E-state index contributed by atoms with van der Waals surface area (Å²) in [6.07, 6.45) is 1.95. The van der Waals surface area contributed by atoms with Gasteiger partial charge in [0.15, 0.2) is 10.4 Å². The standard InChI is InChI=1S/C9H10N4OS/c10-7(14)3-5-13-8-6(12-9(13)15)2-1-4-11-8/h1-2,4H,3,5H2,(H2,10,14)(H,12,15). The minimum atomic E-state index is -0.345. The molecule has 0 saturated carbocycles. The topological polar surface area (TPSA) is 76.7 Å². The summed E-state index contributed by atoms with van der Waals surface area (Å²) in [5.74, 6) is -0.345. The highest BCUT2D eigenvalue weighted by Gasteiger charge is 2.05. The molecule has 1 amide bonds. The first-order valence-electron chi connectivity index (χ1n) is 4.50. The van der Waals surface area contributed by atoms with Crippen molar-refractivity contribution < 1.29 is 4.79 Å². The van der Waals surface area contributed by atoms with E-state index in [1.807, 2.05) is 12.1 Å². The van der Waals surface area contributed by atoms with Gasteiger partial charge in [-0.2, -0.15) is 0 Å². The van der Waals surface area contributed by atoms with Gasteiger partial charge in [0.25, 0.3) is 0 Å². The average Bonchev–Trinajstić information content (AvgIpc) is 2.50. The Bertz CT molecular complexity index is 556. The number of nitrogens with one attached hydrogen (secondary N) is 1. The summed E-state index contributed by atoms with van der Waals surface area (Å²) in [5.41, 5.74) is 6.71. The minimum Gasteiger partial charge on any atom is -0.370 e. The number of amides is 1. The van der Waals surface area contributed by atoms with Crippen molar-refractivity contribution in [3.05, 3.63) is 23.1 Å². The van der Waals surface area contributed by atoms with Crippen molar-refractivity contribution in [1.29, 1.82) is 0 Å². The number of rotatable bonds is 3. The maximum absolute atomic E-state index is 10.7. The van der Waals surface area contributed by atoms with E-state index in [2.05, 4.69) is 9.97 Å². The summed E-state index contributed by atoms with van der Waals surface area (Å²) in [5, 5.41) is 0. The molecule has 0 unspecified atom stereocenters. The molecule has 0 atom stereocenters. The molecule has 6 heteroatoms. The number of imidazole rings is 1. The number of carbonyl (C=O) groups excluding carboxylic acids is 1. The average molecular weight is 222 g/mol. The highest BCUT2D eigenvalue weighted by atomic mass is 32.1. The molecule has 0 saturated heterocycles. The number of primary amides is 1. The lowest BCUT2D eigenvalue weighted by Gasteiger charge is -2.00. The first-order valence-corrected chi connectivity index (χ1v) is 4.91. The highest BCUT2D eigenvalue weighted by Crippen LogP contribution is 2.10. The number of aryl methyl sites for hydroxylation is 1. The summed E-state index contributed by atoms with van der Waals surface area (Å²) < 4.78 is 2.33. The van der Waals surface area contributed by atoms with Crippen molar-refractivity contribution in [2.24, 2.45) is 5.73 Å². The normalized spacial score (nSPS) is 10.7. The predicted molar refractivity (Wildman–Crippen MR) is 58.7 cm³/mol. The van der Waals surface area contributed by atoms with Crippen molar-refractivity contribution in [2.75, 3.05) is 0 Å². The molecule has 2 heterocycles. The first-order chi connectivity index (χ1) is 7.18. The van der Waals surface area contributed by atoms with E-state index in [9.17, 15) is 4.79 Å². The van der Waals surface area contributed by atoms with E-state index in [1.165, 1.54) is 0 Å². The van der Waals surface area contributed by atoms with Gasteiger partial charge in [-0.15, -0.1) is 0 Å². The van der Waals surface area contributed by atoms with E-state index in [1.54, 1.807) is 10.8 Å². The third-order valence-electron chi connectivity index (χ3n) is 2.11. The summed E-state index contributed by atoms with van der Waals surface area (Å²) in [4.78, 5) is 17.9. The fourth-order valence-corrected chi connectivity index (χ4v) is 1.71. The molecule has 0 bridgehead atoms. The summed E-state index contributed by atoms with van der Waals surface area (Å²) in [7, 11) is 0. The molecule has 0 aliphatic carbocycles. The van der Waals surface area contributed by atoms with Gasteiger partial charge in [-0.1, -0.05) is 0 Å². The lowest BCUT2D eigenvalue weighted by atomic mass is 10.4. The van der Waals surface area contributed by atoms with Crippen LogP contribution in [0.25, 0.3) is 11.2 Å². The Labute approximate surface area is 90.9 Å². The van der Waals surface area contributed by atoms with E-state index < -0.39 is 0 Å². The van der Waals surface area contributed by atoms with E-state index in [-0.39, 0.29) is 12.3 Å². The molecule has 78 valence electrons. The van der Waals surface area contributed by atoms with Crippen LogP contribution in [0, 0.1) is 4.77 Å². The Balaban J connectivity index is 2.45. The molecule has 0 aliphatic heterocycles. The molecule has 0 spiro atoms. The molecule has 0 radical (unpaired) electrons. The number of nitrogens with two attached hydrogens (primary N) is 1. The zero-order chi connectivity index (χ0) is 10.8. The Kier molecular flexibility index (Phi) is 2.51. The van der Waals surface area contributed by atoms with Crippen LogP contribution in [0.3, 0.4) is 0 Å².